The van der Waals surface area contributed by atoms with E-state index in [1.807, 2.05) is 69.3 Å². The lowest BCUT2D eigenvalue weighted by Gasteiger charge is -2.27. The zero-order valence-electron chi connectivity index (χ0n) is 18.5. The van der Waals surface area contributed by atoms with Gasteiger partial charge in [-0.3, -0.25) is 5.32 Å². The minimum Gasteiger partial charge on any atom is -0.444 e. The van der Waals surface area contributed by atoms with Crippen LogP contribution in [0.1, 0.15) is 31.9 Å². The van der Waals surface area contributed by atoms with Crippen LogP contribution in [-0.4, -0.2) is 35.8 Å². The summed E-state index contributed by atoms with van der Waals surface area (Å²) in [6, 6.07) is 19.2. The van der Waals surface area contributed by atoms with Crippen LogP contribution in [0.15, 0.2) is 54.6 Å². The van der Waals surface area contributed by atoms with Gasteiger partial charge in [-0.05, 0) is 38.0 Å². The van der Waals surface area contributed by atoms with Gasteiger partial charge in [0, 0.05) is 30.6 Å². The molecule has 4 rings (SSSR count). The second-order valence-electron chi connectivity index (χ2n) is 9.31. The van der Waals surface area contributed by atoms with Crippen molar-refractivity contribution in [3.63, 3.8) is 0 Å². The highest BCUT2D eigenvalue weighted by Gasteiger charge is 2.71. The summed E-state index contributed by atoms with van der Waals surface area (Å²) < 4.78 is 10.8. The number of hydrogen-bond acceptors (Lipinski definition) is 5. The lowest BCUT2D eigenvalue weighted by Crippen LogP contribution is -2.39. The molecular formula is C25H27N3O4. The van der Waals surface area contributed by atoms with Crippen molar-refractivity contribution >= 4 is 17.9 Å². The largest absolute Gasteiger partial charge is 0.444 e. The van der Waals surface area contributed by atoms with Crippen LogP contribution in [-0.2, 0) is 21.5 Å². The summed E-state index contributed by atoms with van der Waals surface area (Å²) in [7, 11) is 0. The van der Waals surface area contributed by atoms with Gasteiger partial charge in [-0.15, -0.1) is 0 Å². The molecule has 166 valence electrons. The summed E-state index contributed by atoms with van der Waals surface area (Å²) >= 11 is 0. The first-order valence-electron chi connectivity index (χ1n) is 10.7. The molecule has 1 aliphatic carbocycles. The summed E-state index contributed by atoms with van der Waals surface area (Å²) in [4.78, 5) is 26.5. The van der Waals surface area contributed by atoms with Crippen LogP contribution in [0.5, 0.6) is 0 Å². The average molecular weight is 434 g/mol. The summed E-state index contributed by atoms with van der Waals surface area (Å²) in [6.45, 7) is 6.58. The molecule has 3 atom stereocenters. The Kier molecular flexibility index (Phi) is 5.55. The van der Waals surface area contributed by atoms with Crippen molar-refractivity contribution in [1.29, 1.82) is 5.26 Å². The highest BCUT2D eigenvalue weighted by Crippen LogP contribution is 2.64. The minimum absolute atomic E-state index is 0.00306. The van der Waals surface area contributed by atoms with Gasteiger partial charge in [0.2, 0.25) is 0 Å². The van der Waals surface area contributed by atoms with Gasteiger partial charge in [0.25, 0.3) is 0 Å². The number of carbonyl (C=O) groups is 2. The number of carbonyl (C=O) groups excluding carboxylic acids is 2. The van der Waals surface area contributed by atoms with Gasteiger partial charge in [-0.25, -0.2) is 9.59 Å². The maximum absolute atomic E-state index is 12.4. The Hall–Kier alpha value is -3.53. The van der Waals surface area contributed by atoms with Gasteiger partial charge < -0.3 is 14.4 Å². The molecule has 1 saturated carbocycles. The molecule has 2 aliphatic rings. The maximum atomic E-state index is 12.4. The maximum Gasteiger partial charge on any atom is 0.411 e. The number of rotatable bonds is 4. The van der Waals surface area contributed by atoms with Gasteiger partial charge in [-0.1, -0.05) is 48.5 Å². The molecule has 32 heavy (non-hydrogen) atoms. The lowest BCUT2D eigenvalue weighted by molar-refractivity contribution is 0.0266. The molecule has 7 heteroatoms. The van der Waals surface area contributed by atoms with E-state index in [0.717, 1.165) is 11.1 Å². The number of anilines is 1. The number of nitriles is 1. The van der Waals surface area contributed by atoms with E-state index < -0.39 is 17.1 Å². The summed E-state index contributed by atoms with van der Waals surface area (Å²) in [5.74, 6) is 0.00613. The molecule has 0 spiro atoms. The van der Waals surface area contributed by atoms with Crippen LogP contribution in [0.3, 0.4) is 0 Å². The van der Waals surface area contributed by atoms with Gasteiger partial charge in [-0.2, -0.15) is 5.26 Å². The highest BCUT2D eigenvalue weighted by molar-refractivity contribution is 5.86. The number of para-hydroxylation sites is 1. The van der Waals surface area contributed by atoms with Crippen molar-refractivity contribution in [3.05, 3.63) is 65.7 Å². The Balaban J connectivity index is 1.44. The number of piperidine rings is 1. The number of hydrogen-bond donors (Lipinski definition) is 1. The third-order valence-corrected chi connectivity index (χ3v) is 6.04. The van der Waals surface area contributed by atoms with Crippen molar-refractivity contribution in [2.45, 2.75) is 38.4 Å². The summed E-state index contributed by atoms with van der Waals surface area (Å²) in [5.41, 5.74) is 0.918. The Morgan fingerprint density at radius 1 is 1.09 bits per heavy atom. The molecule has 1 aliphatic heterocycles. The van der Waals surface area contributed by atoms with E-state index in [1.54, 1.807) is 11.0 Å². The van der Waals surface area contributed by atoms with Crippen LogP contribution in [0.25, 0.3) is 0 Å². The number of amides is 2. The quantitative estimate of drug-likeness (QED) is 0.755. The Labute approximate surface area is 187 Å². The van der Waals surface area contributed by atoms with E-state index >= 15 is 0 Å². The van der Waals surface area contributed by atoms with Crippen LogP contribution < -0.4 is 5.32 Å². The minimum atomic E-state index is -0.734. The SMILES string of the molecule is CC(C)(C)OC(=O)N1CC2[C@H](C1)C2(C#N)c1ccccc1NC(=O)OCc1ccccc1. The first-order chi connectivity index (χ1) is 15.2. The van der Waals surface area contributed by atoms with E-state index in [0.29, 0.717) is 18.8 Å². The number of nitrogens with one attached hydrogen (secondary N) is 1. The van der Waals surface area contributed by atoms with Crippen molar-refractivity contribution in [2.24, 2.45) is 11.8 Å². The van der Waals surface area contributed by atoms with Crippen molar-refractivity contribution in [3.8, 4) is 6.07 Å². The summed E-state index contributed by atoms with van der Waals surface area (Å²) in [5, 5.41) is 12.9. The Morgan fingerprint density at radius 2 is 1.72 bits per heavy atom. The molecule has 1 heterocycles. The third kappa shape index (κ3) is 4.13. The van der Waals surface area contributed by atoms with Crippen LogP contribution in [0, 0.1) is 23.2 Å². The Bertz CT molecular complexity index is 1040. The highest BCUT2D eigenvalue weighted by atomic mass is 16.6. The predicted molar refractivity (Wildman–Crippen MR) is 119 cm³/mol. The van der Waals surface area contributed by atoms with Crippen molar-refractivity contribution in [1.82, 2.24) is 4.90 Å². The smallest absolute Gasteiger partial charge is 0.411 e. The molecule has 2 aromatic carbocycles. The monoisotopic (exact) mass is 433 g/mol. The van der Waals surface area contributed by atoms with Gasteiger partial charge in [0.1, 0.15) is 12.2 Å². The number of nitrogens with zero attached hydrogens (tertiary/aromatic N) is 2. The van der Waals surface area contributed by atoms with Gasteiger partial charge in [0.05, 0.1) is 11.5 Å². The zero-order chi connectivity index (χ0) is 22.9. The van der Waals surface area contributed by atoms with E-state index in [2.05, 4.69) is 11.4 Å². The van der Waals surface area contributed by atoms with E-state index in [-0.39, 0.29) is 24.5 Å². The average Bonchev–Trinajstić information content (AvgIpc) is 3.12. The zero-order valence-corrected chi connectivity index (χ0v) is 18.5. The standard InChI is InChI=1S/C25H27N3O4/c1-24(2,3)32-23(30)28-13-19-20(14-28)25(19,16-26)18-11-7-8-12-21(18)27-22(29)31-15-17-9-5-4-6-10-17/h4-12,19-20H,13-15H2,1-3H3,(H,27,29)/t19-,20?,25?/m0/s1. The lowest BCUT2D eigenvalue weighted by atomic mass is 9.90. The fraction of sp³-hybridized carbons (Fsp3) is 0.400. The molecule has 7 nitrogen and oxygen atoms in total. The van der Waals surface area contributed by atoms with Crippen LogP contribution in [0.4, 0.5) is 15.3 Å². The Morgan fingerprint density at radius 3 is 2.34 bits per heavy atom. The first-order valence-corrected chi connectivity index (χ1v) is 10.7. The molecule has 0 bridgehead atoms. The number of likely N-dealkylation sites (tertiary alicyclic amines) is 1. The first kappa shape index (κ1) is 21.7. The molecule has 1 N–H and O–H groups in total. The van der Waals surface area contributed by atoms with E-state index in [1.165, 1.54) is 0 Å². The van der Waals surface area contributed by atoms with Crippen LogP contribution in [0.2, 0.25) is 0 Å². The second-order valence-corrected chi connectivity index (χ2v) is 9.31. The fourth-order valence-corrected chi connectivity index (χ4v) is 4.55. The summed E-state index contributed by atoms with van der Waals surface area (Å²) in [6.07, 6.45) is -0.928. The van der Waals surface area contributed by atoms with Crippen molar-refractivity contribution in [2.75, 3.05) is 18.4 Å². The fourth-order valence-electron chi connectivity index (χ4n) is 4.55. The molecular weight excluding hydrogens is 406 g/mol. The molecule has 2 amide bonds. The van der Waals surface area contributed by atoms with Crippen molar-refractivity contribution < 1.29 is 19.1 Å². The van der Waals surface area contributed by atoms with Crippen LogP contribution >= 0.6 is 0 Å². The normalized spacial score (nSPS) is 23.6. The van der Waals surface area contributed by atoms with E-state index in [4.69, 9.17) is 9.47 Å². The molecule has 0 radical (unpaired) electrons. The second kappa shape index (κ2) is 8.19. The molecule has 1 saturated heterocycles. The topological polar surface area (TPSA) is 91.7 Å². The van der Waals surface area contributed by atoms with E-state index in [9.17, 15) is 14.9 Å². The van der Waals surface area contributed by atoms with Gasteiger partial charge in [0.15, 0.2) is 0 Å². The molecule has 0 aromatic heterocycles. The van der Waals surface area contributed by atoms with Gasteiger partial charge >= 0.3 is 12.2 Å². The number of ether oxygens (including phenoxy) is 2. The number of benzene rings is 2. The molecule has 2 aromatic rings. The third-order valence-electron chi connectivity index (χ3n) is 6.04. The molecule has 2 unspecified atom stereocenters. The molecule has 2 fully saturated rings. The number of fused-ring (bicyclic) bond motifs is 1. The predicted octanol–water partition coefficient (Wildman–Crippen LogP) is 4.69.